The van der Waals surface area contributed by atoms with Crippen molar-refractivity contribution in [3.05, 3.63) is 39.7 Å². The number of carbonyl (C=O) groups is 1. The number of non-ortho nitro benzene ring substituents is 1. The van der Waals surface area contributed by atoms with E-state index in [1.807, 2.05) is 6.07 Å². The second-order valence-electron chi connectivity index (χ2n) is 4.42. The maximum atomic E-state index is 12.4. The Balaban J connectivity index is 2.31. The molecule has 10 heteroatoms. The van der Waals surface area contributed by atoms with Gasteiger partial charge in [-0.25, -0.2) is 0 Å². The highest BCUT2D eigenvalue weighted by Gasteiger charge is 2.35. The number of anilines is 1. The Hall–Kier alpha value is -3.61. The lowest BCUT2D eigenvalue weighted by atomic mass is 10.0. The molecular weight excluding hydrogens is 290 g/mol. The number of hydrogen-bond acceptors (Lipinski definition) is 7. The summed E-state index contributed by atoms with van der Waals surface area (Å²) >= 11 is 0. The number of nitrogens with zero attached hydrogens (tertiary/aromatic N) is 6. The molecule has 0 fully saturated rings. The van der Waals surface area contributed by atoms with Crippen molar-refractivity contribution in [1.29, 1.82) is 5.26 Å². The molecular formula is C12H7N7O3. The van der Waals surface area contributed by atoms with Crippen LogP contribution >= 0.6 is 0 Å². The van der Waals surface area contributed by atoms with Crippen molar-refractivity contribution in [2.24, 2.45) is 0 Å². The monoisotopic (exact) mass is 297 g/mol. The fraction of sp³-hybridized carbons (Fsp3) is 0.0833. The fourth-order valence-electron chi connectivity index (χ4n) is 2.25. The van der Waals surface area contributed by atoms with Gasteiger partial charge in [0.1, 0.15) is 11.6 Å². The summed E-state index contributed by atoms with van der Waals surface area (Å²) in [5.74, 6) is -0.504. The van der Waals surface area contributed by atoms with Crippen molar-refractivity contribution in [3.63, 3.8) is 0 Å². The van der Waals surface area contributed by atoms with Gasteiger partial charge in [0.25, 0.3) is 11.6 Å². The van der Waals surface area contributed by atoms with Crippen LogP contribution in [0.3, 0.4) is 0 Å². The van der Waals surface area contributed by atoms with Crippen LogP contribution in [0.1, 0.15) is 11.4 Å². The number of likely N-dealkylation sites (N-methyl/N-ethyl adjacent to an activating group) is 1. The van der Waals surface area contributed by atoms with E-state index in [1.54, 1.807) is 0 Å². The van der Waals surface area contributed by atoms with Gasteiger partial charge < -0.3 is 4.90 Å². The molecule has 22 heavy (non-hydrogen) atoms. The number of aromatic nitrogens is 4. The number of nitro groups is 1. The van der Waals surface area contributed by atoms with Gasteiger partial charge in [-0.2, -0.15) is 10.5 Å². The quantitative estimate of drug-likeness (QED) is 0.368. The molecule has 3 rings (SSSR count). The molecule has 1 N–H and O–H groups in total. The van der Waals surface area contributed by atoms with Crippen LogP contribution in [0.5, 0.6) is 0 Å². The maximum Gasteiger partial charge on any atom is 0.270 e. The summed E-state index contributed by atoms with van der Waals surface area (Å²) in [5.41, 5.74) is 0.518. The fourth-order valence-corrected chi connectivity index (χ4v) is 2.25. The Morgan fingerprint density at radius 3 is 2.86 bits per heavy atom. The van der Waals surface area contributed by atoms with Gasteiger partial charge in [-0.1, -0.05) is 0 Å². The summed E-state index contributed by atoms with van der Waals surface area (Å²) in [6.45, 7) is 0. The number of rotatable bonds is 2. The van der Waals surface area contributed by atoms with Gasteiger partial charge in [-0.15, -0.1) is 10.2 Å². The minimum atomic E-state index is -0.568. The topological polar surface area (TPSA) is 142 Å². The first-order valence-electron chi connectivity index (χ1n) is 5.99. The number of nitro benzene ring substituents is 1. The van der Waals surface area contributed by atoms with E-state index in [-0.39, 0.29) is 22.7 Å². The van der Waals surface area contributed by atoms with E-state index in [1.165, 1.54) is 30.1 Å². The summed E-state index contributed by atoms with van der Waals surface area (Å²) < 4.78 is 0. The van der Waals surface area contributed by atoms with Gasteiger partial charge in [0.2, 0.25) is 5.82 Å². The van der Waals surface area contributed by atoms with E-state index in [0.29, 0.717) is 11.3 Å². The molecule has 2 aromatic rings. The van der Waals surface area contributed by atoms with Crippen LogP contribution in [-0.4, -0.2) is 38.5 Å². The Morgan fingerprint density at radius 1 is 1.50 bits per heavy atom. The van der Waals surface area contributed by atoms with Crippen LogP contribution in [0.4, 0.5) is 11.4 Å². The summed E-state index contributed by atoms with van der Waals surface area (Å²) in [6.07, 6.45) is 0. The molecule has 0 radical (unpaired) electrons. The number of tetrazole rings is 1. The van der Waals surface area contributed by atoms with Crippen LogP contribution in [0.25, 0.3) is 11.1 Å². The standard InChI is InChI=1S/C12H7N7O3/c1-18-9-3-2-6(19(21)22)4-7(9)10(12(18)20)8(5-13)11-14-16-17-15-11/h2-4H,1H3,(H,14,15,16,17)/b10-8-. The zero-order chi connectivity index (χ0) is 15.9. The lowest BCUT2D eigenvalue weighted by molar-refractivity contribution is -0.384. The molecule has 108 valence electrons. The van der Waals surface area contributed by atoms with Crippen molar-refractivity contribution < 1.29 is 9.72 Å². The molecule has 0 saturated heterocycles. The van der Waals surface area contributed by atoms with Crippen LogP contribution in [0.2, 0.25) is 0 Å². The van der Waals surface area contributed by atoms with Gasteiger partial charge in [0.15, 0.2) is 0 Å². The Kier molecular flexibility index (Phi) is 2.88. The molecule has 1 aromatic heterocycles. The van der Waals surface area contributed by atoms with E-state index in [4.69, 9.17) is 0 Å². The Labute approximate surface area is 122 Å². The molecule has 1 amide bonds. The highest BCUT2D eigenvalue weighted by molar-refractivity contribution is 6.38. The molecule has 1 aliphatic heterocycles. The van der Waals surface area contributed by atoms with Crippen molar-refractivity contribution >= 4 is 28.4 Å². The van der Waals surface area contributed by atoms with Gasteiger partial charge in [-0.3, -0.25) is 14.9 Å². The van der Waals surface area contributed by atoms with Crippen molar-refractivity contribution in [3.8, 4) is 6.07 Å². The normalized spacial score (nSPS) is 15.5. The van der Waals surface area contributed by atoms with E-state index < -0.39 is 10.8 Å². The van der Waals surface area contributed by atoms with Crippen LogP contribution in [0.15, 0.2) is 18.2 Å². The van der Waals surface area contributed by atoms with E-state index in [9.17, 15) is 20.2 Å². The number of nitriles is 1. The second kappa shape index (κ2) is 4.74. The number of carbonyl (C=O) groups excluding carboxylic acids is 1. The van der Waals surface area contributed by atoms with Crippen LogP contribution in [0, 0.1) is 21.4 Å². The third kappa shape index (κ3) is 1.80. The molecule has 0 saturated carbocycles. The lowest BCUT2D eigenvalue weighted by Gasteiger charge is -2.08. The highest BCUT2D eigenvalue weighted by Crippen LogP contribution is 2.40. The van der Waals surface area contributed by atoms with Gasteiger partial charge in [-0.05, 0) is 11.3 Å². The summed E-state index contributed by atoms with van der Waals surface area (Å²) in [6, 6.07) is 5.88. The maximum absolute atomic E-state index is 12.4. The molecule has 0 bridgehead atoms. The summed E-state index contributed by atoms with van der Waals surface area (Å²) in [5, 5.41) is 33.2. The molecule has 0 unspecified atom stereocenters. The Bertz CT molecular complexity index is 863. The van der Waals surface area contributed by atoms with E-state index in [0.717, 1.165) is 0 Å². The summed E-state index contributed by atoms with van der Waals surface area (Å²) in [7, 11) is 1.52. The zero-order valence-electron chi connectivity index (χ0n) is 11.1. The minimum absolute atomic E-state index is 0.0186. The molecule has 1 aliphatic rings. The average Bonchev–Trinajstić information content (AvgIpc) is 3.11. The third-order valence-electron chi connectivity index (χ3n) is 3.27. The first-order valence-corrected chi connectivity index (χ1v) is 5.99. The molecule has 1 aromatic carbocycles. The number of H-pyrrole nitrogens is 1. The predicted octanol–water partition coefficient (Wildman–Crippen LogP) is 0.519. The Morgan fingerprint density at radius 2 is 2.27 bits per heavy atom. The second-order valence-corrected chi connectivity index (χ2v) is 4.42. The number of amides is 1. The van der Waals surface area contributed by atoms with Crippen LogP contribution < -0.4 is 4.90 Å². The van der Waals surface area contributed by atoms with Crippen molar-refractivity contribution in [2.75, 3.05) is 11.9 Å². The SMILES string of the molecule is CN1C(=O)/C(=C(/C#N)c2nn[nH]n2)c2cc([N+](=O)[O-])ccc21. The van der Waals surface area contributed by atoms with Gasteiger partial charge >= 0.3 is 0 Å². The number of fused-ring (bicyclic) bond motifs is 1. The largest absolute Gasteiger partial charge is 0.311 e. The molecule has 10 nitrogen and oxygen atoms in total. The average molecular weight is 297 g/mol. The number of benzene rings is 1. The zero-order valence-corrected chi connectivity index (χ0v) is 11.1. The molecule has 0 aliphatic carbocycles. The highest BCUT2D eigenvalue weighted by atomic mass is 16.6. The number of allylic oxidation sites excluding steroid dienone is 1. The van der Waals surface area contributed by atoms with E-state index >= 15 is 0 Å². The smallest absolute Gasteiger partial charge is 0.270 e. The van der Waals surface area contributed by atoms with Crippen molar-refractivity contribution in [1.82, 2.24) is 20.6 Å². The van der Waals surface area contributed by atoms with Crippen molar-refractivity contribution in [2.45, 2.75) is 0 Å². The third-order valence-corrected chi connectivity index (χ3v) is 3.27. The van der Waals surface area contributed by atoms with Crippen LogP contribution in [-0.2, 0) is 4.79 Å². The number of nitrogens with one attached hydrogen (secondary N) is 1. The number of aromatic amines is 1. The minimum Gasteiger partial charge on any atom is -0.311 e. The lowest BCUT2D eigenvalue weighted by Crippen LogP contribution is -2.20. The van der Waals surface area contributed by atoms with Gasteiger partial charge in [0.05, 0.1) is 16.2 Å². The molecule has 2 heterocycles. The molecule has 0 spiro atoms. The molecule has 0 atom stereocenters. The van der Waals surface area contributed by atoms with Gasteiger partial charge in [0, 0.05) is 24.7 Å². The first-order chi connectivity index (χ1) is 10.5. The first kappa shape index (κ1) is 13.4. The number of hydrogen-bond donors (Lipinski definition) is 1. The van der Waals surface area contributed by atoms with E-state index in [2.05, 4.69) is 20.6 Å². The predicted molar refractivity (Wildman–Crippen MR) is 73.1 cm³/mol. The summed E-state index contributed by atoms with van der Waals surface area (Å²) in [4.78, 5) is 24.1.